The lowest BCUT2D eigenvalue weighted by atomic mass is 10.3. The topological polar surface area (TPSA) is 46.2 Å². The van der Waals surface area contributed by atoms with E-state index in [1.165, 1.54) is 0 Å². The van der Waals surface area contributed by atoms with Gasteiger partial charge in [-0.1, -0.05) is 29.3 Å². The molecule has 1 N–H and O–H groups in total. The van der Waals surface area contributed by atoms with E-state index in [4.69, 9.17) is 34.8 Å². The molecule has 0 spiro atoms. The van der Waals surface area contributed by atoms with Gasteiger partial charge in [-0.05, 0) is 25.0 Å². The Morgan fingerprint density at radius 2 is 1.71 bits per heavy atom. The maximum absolute atomic E-state index is 11.7. The van der Waals surface area contributed by atoms with Gasteiger partial charge in [-0.2, -0.15) is 0 Å². The van der Waals surface area contributed by atoms with Gasteiger partial charge in [0.25, 0.3) is 0 Å². The van der Waals surface area contributed by atoms with Crippen LogP contribution in [0.15, 0.2) is 18.2 Å². The maximum atomic E-state index is 11.7. The van der Waals surface area contributed by atoms with Gasteiger partial charge in [0.1, 0.15) is 0 Å². The highest BCUT2D eigenvalue weighted by molar-refractivity contribution is 7.92. The minimum absolute atomic E-state index is 0.00126. The molecule has 0 fully saturated rings. The summed E-state index contributed by atoms with van der Waals surface area (Å²) in [7, 11) is -3.43. The lowest BCUT2D eigenvalue weighted by Crippen LogP contribution is -2.17. The van der Waals surface area contributed by atoms with Crippen LogP contribution in [0, 0.1) is 0 Å². The number of hydrogen-bond donors (Lipinski definition) is 1. The fourth-order valence-electron chi connectivity index (χ4n) is 1.19. The molecule has 17 heavy (non-hydrogen) atoms. The molecule has 0 aliphatic rings. The molecule has 0 aliphatic carbocycles. The van der Waals surface area contributed by atoms with E-state index in [-0.39, 0.29) is 21.5 Å². The van der Waals surface area contributed by atoms with Gasteiger partial charge in [-0.3, -0.25) is 4.72 Å². The Morgan fingerprint density at radius 1 is 1.12 bits per heavy atom. The zero-order valence-electron chi connectivity index (χ0n) is 8.92. The third-order valence-corrected chi connectivity index (χ3v) is 4.26. The van der Waals surface area contributed by atoms with E-state index in [1.54, 1.807) is 18.2 Å². The molecule has 0 amide bonds. The lowest BCUT2D eigenvalue weighted by Gasteiger charge is -2.10. The predicted molar refractivity (Wildman–Crippen MR) is 73.8 cm³/mol. The van der Waals surface area contributed by atoms with Crippen molar-refractivity contribution in [1.29, 1.82) is 0 Å². The first-order chi connectivity index (χ1) is 7.96. The van der Waals surface area contributed by atoms with Crippen LogP contribution < -0.4 is 4.72 Å². The molecule has 1 rings (SSSR count). The molecule has 0 aliphatic heterocycles. The summed E-state index contributed by atoms with van der Waals surface area (Å²) in [6.07, 6.45) is 1.15. The molecular formula is C10H12Cl3NO2S. The molecule has 0 unspecified atom stereocenters. The fraction of sp³-hybridized carbons (Fsp3) is 0.400. The first-order valence-electron chi connectivity index (χ1n) is 4.97. The Balaban J connectivity index is 2.76. The zero-order chi connectivity index (χ0) is 12.9. The summed E-state index contributed by atoms with van der Waals surface area (Å²) in [5, 5.41) is 0.553. The van der Waals surface area contributed by atoms with Gasteiger partial charge >= 0.3 is 0 Å². The molecule has 0 radical (unpaired) electrons. The van der Waals surface area contributed by atoms with Crippen molar-refractivity contribution in [2.45, 2.75) is 12.8 Å². The molecule has 0 atom stereocenters. The summed E-state index contributed by atoms with van der Waals surface area (Å²) in [4.78, 5) is 0. The van der Waals surface area contributed by atoms with Crippen LogP contribution in [0.2, 0.25) is 10.0 Å². The summed E-state index contributed by atoms with van der Waals surface area (Å²) < 4.78 is 25.8. The van der Waals surface area contributed by atoms with Crippen molar-refractivity contribution in [2.75, 3.05) is 16.4 Å². The van der Waals surface area contributed by atoms with Crippen molar-refractivity contribution >= 4 is 50.5 Å². The van der Waals surface area contributed by atoms with E-state index < -0.39 is 10.0 Å². The molecule has 1 aromatic carbocycles. The van der Waals surface area contributed by atoms with Gasteiger partial charge in [0.05, 0.1) is 21.5 Å². The Bertz CT molecular complexity index is 456. The lowest BCUT2D eigenvalue weighted by molar-refractivity contribution is 0.598. The minimum Gasteiger partial charge on any atom is -0.281 e. The molecule has 0 heterocycles. The fourth-order valence-corrected chi connectivity index (χ4v) is 3.20. The average Bonchev–Trinajstić information content (AvgIpc) is 2.24. The number of anilines is 1. The number of para-hydroxylation sites is 1. The number of unbranched alkanes of at least 4 members (excludes halogenated alkanes) is 1. The van der Waals surface area contributed by atoms with Gasteiger partial charge in [-0.15, -0.1) is 11.6 Å². The molecule has 1 aromatic rings. The van der Waals surface area contributed by atoms with Crippen LogP contribution in [0.5, 0.6) is 0 Å². The number of halogens is 3. The monoisotopic (exact) mass is 315 g/mol. The van der Waals surface area contributed by atoms with Crippen LogP contribution in [-0.2, 0) is 10.0 Å². The van der Waals surface area contributed by atoms with E-state index in [0.717, 1.165) is 0 Å². The van der Waals surface area contributed by atoms with E-state index in [9.17, 15) is 8.42 Å². The van der Waals surface area contributed by atoms with Gasteiger partial charge in [0.2, 0.25) is 10.0 Å². The molecular weight excluding hydrogens is 305 g/mol. The smallest absolute Gasteiger partial charge is 0.232 e. The second kappa shape index (κ2) is 6.69. The number of benzene rings is 1. The van der Waals surface area contributed by atoms with Crippen LogP contribution in [0.4, 0.5) is 5.69 Å². The SMILES string of the molecule is O=S(=O)(CCCCCl)Nc1c(Cl)cccc1Cl. The van der Waals surface area contributed by atoms with E-state index >= 15 is 0 Å². The Kier molecular flexibility index (Phi) is 5.86. The van der Waals surface area contributed by atoms with Gasteiger partial charge < -0.3 is 0 Å². The van der Waals surface area contributed by atoms with Crippen LogP contribution in [0.25, 0.3) is 0 Å². The van der Waals surface area contributed by atoms with Gasteiger partial charge in [0.15, 0.2) is 0 Å². The third-order valence-electron chi connectivity index (χ3n) is 2.02. The van der Waals surface area contributed by atoms with Crippen LogP contribution in [-0.4, -0.2) is 20.1 Å². The van der Waals surface area contributed by atoms with Crippen molar-refractivity contribution in [3.8, 4) is 0 Å². The van der Waals surface area contributed by atoms with Crippen molar-refractivity contribution in [3.63, 3.8) is 0 Å². The van der Waals surface area contributed by atoms with E-state index in [1.807, 2.05) is 0 Å². The summed E-state index contributed by atoms with van der Waals surface area (Å²) in [6, 6.07) is 4.80. The molecule has 0 bridgehead atoms. The predicted octanol–water partition coefficient (Wildman–Crippen LogP) is 3.75. The Hall–Kier alpha value is -0.160. The van der Waals surface area contributed by atoms with Gasteiger partial charge in [0, 0.05) is 5.88 Å². The normalized spacial score (nSPS) is 11.5. The van der Waals surface area contributed by atoms with E-state index in [0.29, 0.717) is 18.7 Å². The largest absolute Gasteiger partial charge is 0.281 e. The van der Waals surface area contributed by atoms with E-state index in [2.05, 4.69) is 4.72 Å². The Morgan fingerprint density at radius 3 is 2.24 bits per heavy atom. The highest BCUT2D eigenvalue weighted by Gasteiger charge is 2.14. The van der Waals surface area contributed by atoms with Crippen molar-refractivity contribution in [2.24, 2.45) is 0 Å². The molecule has 96 valence electrons. The Labute approximate surface area is 116 Å². The van der Waals surface area contributed by atoms with Crippen LogP contribution in [0.1, 0.15) is 12.8 Å². The molecule has 0 saturated carbocycles. The quantitative estimate of drug-likeness (QED) is 0.641. The third kappa shape index (κ3) is 4.92. The number of rotatable bonds is 6. The molecule has 3 nitrogen and oxygen atoms in total. The van der Waals surface area contributed by atoms with Crippen molar-refractivity contribution in [1.82, 2.24) is 0 Å². The number of sulfonamides is 1. The summed E-state index contributed by atoms with van der Waals surface area (Å²) in [5.74, 6) is 0.448. The summed E-state index contributed by atoms with van der Waals surface area (Å²) >= 11 is 17.2. The summed E-state index contributed by atoms with van der Waals surface area (Å²) in [6.45, 7) is 0. The molecule has 7 heteroatoms. The highest BCUT2D eigenvalue weighted by atomic mass is 35.5. The second-order valence-electron chi connectivity index (χ2n) is 3.41. The highest BCUT2D eigenvalue weighted by Crippen LogP contribution is 2.30. The van der Waals surface area contributed by atoms with Crippen molar-refractivity contribution < 1.29 is 8.42 Å². The summed E-state index contributed by atoms with van der Waals surface area (Å²) in [5.41, 5.74) is 0.224. The number of hydrogen-bond acceptors (Lipinski definition) is 2. The first-order valence-corrected chi connectivity index (χ1v) is 7.91. The maximum Gasteiger partial charge on any atom is 0.232 e. The standard InChI is InChI=1S/C10H12Cl3NO2S/c11-6-1-2-7-17(15,16)14-10-8(12)4-3-5-9(10)13/h3-5,14H,1-2,6-7H2. The number of nitrogens with one attached hydrogen (secondary N) is 1. The second-order valence-corrected chi connectivity index (χ2v) is 6.45. The van der Waals surface area contributed by atoms with Gasteiger partial charge in [-0.25, -0.2) is 8.42 Å². The minimum atomic E-state index is -3.43. The zero-order valence-corrected chi connectivity index (χ0v) is 12.0. The average molecular weight is 317 g/mol. The number of alkyl halides is 1. The van der Waals surface area contributed by atoms with Crippen LogP contribution in [0.3, 0.4) is 0 Å². The molecule has 0 saturated heterocycles. The molecule has 0 aromatic heterocycles. The van der Waals surface area contributed by atoms with Crippen LogP contribution >= 0.6 is 34.8 Å². The first kappa shape index (κ1) is 14.9. The van der Waals surface area contributed by atoms with Crippen molar-refractivity contribution in [3.05, 3.63) is 28.2 Å².